The number of halogens is 1. The van der Waals surface area contributed by atoms with Crippen LogP contribution in [0.25, 0.3) is 10.9 Å². The SMILES string of the molecule is C[C@H](OC(=O)Cn1cnc2ccccc2c1=O)C(=O)N(C)Cc1cccc(F)c1. The molecular formula is C21H20FN3O4. The number of amides is 1. The van der Waals surface area contributed by atoms with Crippen molar-refractivity contribution in [3.63, 3.8) is 0 Å². The van der Waals surface area contributed by atoms with Gasteiger partial charge in [-0.3, -0.25) is 19.0 Å². The molecule has 1 amide bonds. The summed E-state index contributed by atoms with van der Waals surface area (Å²) < 4.78 is 19.6. The Morgan fingerprint density at radius 3 is 2.72 bits per heavy atom. The van der Waals surface area contributed by atoms with Crippen LogP contribution in [-0.4, -0.2) is 39.5 Å². The highest BCUT2D eigenvalue weighted by molar-refractivity contribution is 5.83. The number of ether oxygens (including phenoxy) is 1. The zero-order valence-corrected chi connectivity index (χ0v) is 16.0. The maximum absolute atomic E-state index is 13.3. The van der Waals surface area contributed by atoms with Gasteiger partial charge in [-0.2, -0.15) is 0 Å². The molecule has 0 saturated carbocycles. The van der Waals surface area contributed by atoms with E-state index in [2.05, 4.69) is 4.98 Å². The fourth-order valence-electron chi connectivity index (χ4n) is 2.94. The van der Waals surface area contributed by atoms with E-state index in [-0.39, 0.29) is 18.6 Å². The second-order valence-corrected chi connectivity index (χ2v) is 6.65. The van der Waals surface area contributed by atoms with Gasteiger partial charge in [0.05, 0.1) is 17.2 Å². The highest BCUT2D eigenvalue weighted by Gasteiger charge is 2.22. The molecule has 150 valence electrons. The van der Waals surface area contributed by atoms with E-state index in [4.69, 9.17) is 4.74 Å². The Morgan fingerprint density at radius 1 is 1.21 bits per heavy atom. The predicted molar refractivity (Wildman–Crippen MR) is 104 cm³/mol. The molecule has 0 aliphatic heterocycles. The van der Waals surface area contributed by atoms with Gasteiger partial charge in [0.2, 0.25) is 0 Å². The van der Waals surface area contributed by atoms with Crippen LogP contribution in [0.3, 0.4) is 0 Å². The van der Waals surface area contributed by atoms with Crippen LogP contribution in [-0.2, 0) is 27.4 Å². The largest absolute Gasteiger partial charge is 0.451 e. The van der Waals surface area contributed by atoms with Gasteiger partial charge in [-0.1, -0.05) is 24.3 Å². The van der Waals surface area contributed by atoms with Crippen molar-refractivity contribution >= 4 is 22.8 Å². The van der Waals surface area contributed by atoms with Crippen molar-refractivity contribution in [2.24, 2.45) is 0 Å². The van der Waals surface area contributed by atoms with E-state index in [0.717, 1.165) is 4.57 Å². The molecule has 0 bridgehead atoms. The summed E-state index contributed by atoms with van der Waals surface area (Å²) in [4.78, 5) is 42.6. The number of carbonyl (C=O) groups is 2. The summed E-state index contributed by atoms with van der Waals surface area (Å²) in [5.41, 5.74) is 0.785. The van der Waals surface area contributed by atoms with Crippen LogP contribution < -0.4 is 5.56 Å². The van der Waals surface area contributed by atoms with Crippen molar-refractivity contribution in [1.29, 1.82) is 0 Å². The van der Waals surface area contributed by atoms with E-state index in [1.165, 1.54) is 37.3 Å². The number of fused-ring (bicyclic) bond motifs is 1. The summed E-state index contributed by atoms with van der Waals surface area (Å²) in [5.74, 6) is -1.56. The number of nitrogens with zero attached hydrogens (tertiary/aromatic N) is 3. The number of para-hydroxylation sites is 1. The van der Waals surface area contributed by atoms with Gasteiger partial charge in [0, 0.05) is 13.6 Å². The average molecular weight is 397 g/mol. The third-order valence-corrected chi connectivity index (χ3v) is 4.37. The number of aromatic nitrogens is 2. The van der Waals surface area contributed by atoms with Gasteiger partial charge >= 0.3 is 5.97 Å². The molecule has 1 aromatic heterocycles. The van der Waals surface area contributed by atoms with Crippen molar-refractivity contribution < 1.29 is 18.7 Å². The molecule has 1 heterocycles. The Hall–Kier alpha value is -3.55. The molecule has 0 aliphatic rings. The highest BCUT2D eigenvalue weighted by Crippen LogP contribution is 2.09. The van der Waals surface area contributed by atoms with Crippen molar-refractivity contribution in [3.05, 3.63) is 76.6 Å². The molecule has 0 saturated heterocycles. The summed E-state index contributed by atoms with van der Waals surface area (Å²) >= 11 is 0. The number of carbonyl (C=O) groups excluding carboxylic acids is 2. The third-order valence-electron chi connectivity index (χ3n) is 4.37. The molecule has 2 aromatic carbocycles. The van der Waals surface area contributed by atoms with Crippen LogP contribution in [0.4, 0.5) is 4.39 Å². The van der Waals surface area contributed by atoms with E-state index < -0.39 is 23.8 Å². The predicted octanol–water partition coefficient (Wildman–Crippen LogP) is 2.13. The first-order valence-electron chi connectivity index (χ1n) is 8.98. The van der Waals surface area contributed by atoms with Gasteiger partial charge in [-0.25, -0.2) is 9.37 Å². The standard InChI is InChI=1S/C21H20FN3O4/c1-14(20(27)24(2)11-15-6-5-7-16(22)10-15)29-19(26)12-25-13-23-18-9-4-3-8-17(18)21(25)28/h3-10,13-14H,11-12H2,1-2H3/t14-/m0/s1. The lowest BCUT2D eigenvalue weighted by Gasteiger charge is -2.21. The first-order valence-corrected chi connectivity index (χ1v) is 8.98. The van der Waals surface area contributed by atoms with Crippen LogP contribution in [0, 0.1) is 5.82 Å². The maximum atomic E-state index is 13.3. The monoisotopic (exact) mass is 397 g/mol. The molecule has 3 rings (SSSR count). The van der Waals surface area contributed by atoms with Crippen LogP contribution in [0.15, 0.2) is 59.7 Å². The summed E-state index contributed by atoms with van der Waals surface area (Å²) in [7, 11) is 1.54. The Bertz CT molecular complexity index is 1110. The normalized spacial score (nSPS) is 11.8. The minimum Gasteiger partial charge on any atom is -0.451 e. The summed E-state index contributed by atoms with van der Waals surface area (Å²) in [5, 5.41) is 0.391. The molecule has 29 heavy (non-hydrogen) atoms. The number of esters is 1. The zero-order valence-electron chi connectivity index (χ0n) is 16.0. The van der Waals surface area contributed by atoms with Crippen LogP contribution >= 0.6 is 0 Å². The molecule has 8 heteroatoms. The van der Waals surface area contributed by atoms with Gasteiger partial charge in [0.15, 0.2) is 6.10 Å². The number of hydrogen-bond donors (Lipinski definition) is 0. The molecule has 0 spiro atoms. The average Bonchev–Trinajstić information content (AvgIpc) is 2.69. The smallest absolute Gasteiger partial charge is 0.326 e. The minimum absolute atomic E-state index is 0.173. The second kappa shape index (κ2) is 8.64. The fourth-order valence-corrected chi connectivity index (χ4v) is 2.94. The number of likely N-dealkylation sites (N-methyl/N-ethyl adjacent to an activating group) is 1. The lowest BCUT2D eigenvalue weighted by atomic mass is 10.2. The molecule has 0 radical (unpaired) electrons. The summed E-state index contributed by atoms with van der Waals surface area (Å²) in [6, 6.07) is 12.7. The fraction of sp³-hybridized carbons (Fsp3) is 0.238. The van der Waals surface area contributed by atoms with Crippen LogP contribution in [0.5, 0.6) is 0 Å². The van der Waals surface area contributed by atoms with Gasteiger partial charge in [-0.05, 0) is 36.8 Å². The third kappa shape index (κ3) is 4.84. The van der Waals surface area contributed by atoms with E-state index in [9.17, 15) is 18.8 Å². The number of rotatable bonds is 6. The number of hydrogen-bond acceptors (Lipinski definition) is 5. The first-order chi connectivity index (χ1) is 13.8. The molecule has 0 aliphatic carbocycles. The Kier molecular flexibility index (Phi) is 6.01. The van der Waals surface area contributed by atoms with E-state index in [1.54, 1.807) is 36.4 Å². The van der Waals surface area contributed by atoms with Gasteiger partial charge < -0.3 is 9.64 Å². The molecule has 0 N–H and O–H groups in total. The highest BCUT2D eigenvalue weighted by atomic mass is 19.1. The molecular weight excluding hydrogens is 377 g/mol. The summed E-state index contributed by atoms with van der Waals surface area (Å²) in [6.07, 6.45) is 0.222. The number of benzene rings is 2. The van der Waals surface area contributed by atoms with Crippen LogP contribution in [0.1, 0.15) is 12.5 Å². The maximum Gasteiger partial charge on any atom is 0.326 e. The summed E-state index contributed by atoms with van der Waals surface area (Å²) in [6.45, 7) is 1.26. The van der Waals surface area contributed by atoms with E-state index in [1.807, 2.05) is 0 Å². The Morgan fingerprint density at radius 2 is 1.97 bits per heavy atom. The molecule has 3 aromatic rings. The Labute approximate surface area is 166 Å². The first kappa shape index (κ1) is 20.2. The van der Waals surface area contributed by atoms with Gasteiger partial charge in [0.1, 0.15) is 12.4 Å². The lowest BCUT2D eigenvalue weighted by molar-refractivity contribution is -0.159. The van der Waals surface area contributed by atoms with Crippen molar-refractivity contribution in [2.45, 2.75) is 26.1 Å². The topological polar surface area (TPSA) is 81.5 Å². The lowest BCUT2D eigenvalue weighted by Crippen LogP contribution is -2.38. The van der Waals surface area contributed by atoms with Crippen LogP contribution in [0.2, 0.25) is 0 Å². The quantitative estimate of drug-likeness (QED) is 0.595. The molecule has 7 nitrogen and oxygen atoms in total. The van der Waals surface area contributed by atoms with Gasteiger partial charge in [-0.15, -0.1) is 0 Å². The Balaban J connectivity index is 1.62. The molecule has 0 fully saturated rings. The zero-order chi connectivity index (χ0) is 21.0. The molecule has 1 atom stereocenters. The van der Waals surface area contributed by atoms with E-state index >= 15 is 0 Å². The van der Waals surface area contributed by atoms with Gasteiger partial charge in [0.25, 0.3) is 11.5 Å². The van der Waals surface area contributed by atoms with E-state index in [0.29, 0.717) is 16.5 Å². The molecule has 0 unspecified atom stereocenters. The minimum atomic E-state index is -1.05. The van der Waals surface area contributed by atoms with Crippen molar-refractivity contribution in [1.82, 2.24) is 14.5 Å². The second-order valence-electron chi connectivity index (χ2n) is 6.65. The van der Waals surface area contributed by atoms with Crippen molar-refractivity contribution in [3.8, 4) is 0 Å². The van der Waals surface area contributed by atoms with Crippen molar-refractivity contribution in [2.75, 3.05) is 7.05 Å².